The Kier molecular flexibility index (Phi) is 9.73. The van der Waals surface area contributed by atoms with Crippen LogP contribution in [0.25, 0.3) is 0 Å². The number of rotatable bonds is 8. The van der Waals surface area contributed by atoms with Gasteiger partial charge in [-0.05, 0) is 52.4 Å². The molecule has 0 aromatic rings. The lowest BCUT2D eigenvalue weighted by Crippen LogP contribution is -2.51. The van der Waals surface area contributed by atoms with Gasteiger partial charge in [-0.3, -0.25) is 9.59 Å². The zero-order valence-corrected chi connectivity index (χ0v) is 19.5. The van der Waals surface area contributed by atoms with E-state index >= 15 is 0 Å². The molecule has 1 aliphatic carbocycles. The van der Waals surface area contributed by atoms with Crippen molar-refractivity contribution in [2.24, 2.45) is 11.8 Å². The topological polar surface area (TPSA) is 143 Å². The predicted octanol–water partition coefficient (Wildman–Crippen LogP) is 0.859. The second-order valence-corrected chi connectivity index (χ2v) is 9.33. The lowest BCUT2D eigenvalue weighted by molar-refractivity contribution is -0.146. The third-order valence-electron chi connectivity index (χ3n) is 5.08. The van der Waals surface area contributed by atoms with E-state index in [1.807, 2.05) is 0 Å². The van der Waals surface area contributed by atoms with E-state index in [-0.39, 0.29) is 24.2 Å². The summed E-state index contributed by atoms with van der Waals surface area (Å²) < 4.78 is 9.84. The molecule has 178 valence electrons. The van der Waals surface area contributed by atoms with E-state index in [1.54, 1.807) is 34.6 Å². The lowest BCUT2D eigenvalue weighted by atomic mass is 9.99. The molecule has 0 heterocycles. The summed E-state index contributed by atoms with van der Waals surface area (Å²) in [5, 5.41) is 18.4. The van der Waals surface area contributed by atoms with Crippen molar-refractivity contribution in [3.8, 4) is 0 Å². The summed E-state index contributed by atoms with van der Waals surface area (Å²) in [6.45, 7) is 10.3. The molecule has 31 heavy (non-hydrogen) atoms. The first-order valence-corrected chi connectivity index (χ1v) is 10.6. The number of ether oxygens (including phenoxy) is 2. The van der Waals surface area contributed by atoms with Gasteiger partial charge in [0.1, 0.15) is 17.7 Å². The molecule has 1 rings (SSSR count). The molecule has 0 radical (unpaired) electrons. The highest BCUT2D eigenvalue weighted by atomic mass is 16.6. The number of carbonyl (C=O) groups excluding carboxylic acids is 4. The summed E-state index contributed by atoms with van der Waals surface area (Å²) in [5.74, 6) is -1.83. The fourth-order valence-electron chi connectivity index (χ4n) is 3.40. The van der Waals surface area contributed by atoms with Crippen LogP contribution in [0.4, 0.5) is 4.79 Å². The highest BCUT2D eigenvalue weighted by molar-refractivity contribution is 5.86. The van der Waals surface area contributed by atoms with Crippen LogP contribution in [-0.2, 0) is 23.9 Å². The van der Waals surface area contributed by atoms with Crippen LogP contribution in [-0.4, -0.2) is 65.9 Å². The van der Waals surface area contributed by atoms with E-state index in [9.17, 15) is 24.3 Å². The number of esters is 1. The highest BCUT2D eigenvalue weighted by Crippen LogP contribution is 2.29. The molecular weight excluding hydrogens is 406 g/mol. The SMILES string of the molecule is COC(=O)[C@@H](NC(=O)C[C@@H]1CC[C@H](NC(=O)[C@H](C)NC(=O)OC(C)(C)C)[C@H]1O)C(C)C. The fraction of sp³-hybridized carbons (Fsp3) is 0.810. The van der Waals surface area contributed by atoms with Crippen molar-refractivity contribution < 1.29 is 33.8 Å². The molecule has 0 bridgehead atoms. The Labute approximate surface area is 183 Å². The van der Waals surface area contributed by atoms with Crippen molar-refractivity contribution in [1.29, 1.82) is 0 Å². The number of nitrogens with one attached hydrogen (secondary N) is 3. The monoisotopic (exact) mass is 443 g/mol. The second-order valence-electron chi connectivity index (χ2n) is 9.33. The summed E-state index contributed by atoms with van der Waals surface area (Å²) in [7, 11) is 1.26. The van der Waals surface area contributed by atoms with Crippen LogP contribution in [0.2, 0.25) is 0 Å². The van der Waals surface area contributed by atoms with Crippen molar-refractivity contribution in [1.82, 2.24) is 16.0 Å². The number of methoxy groups -OCH3 is 1. The molecule has 3 amide bonds. The maximum atomic E-state index is 12.4. The van der Waals surface area contributed by atoms with Crippen LogP contribution < -0.4 is 16.0 Å². The Morgan fingerprint density at radius 3 is 2.19 bits per heavy atom. The first kappa shape index (κ1) is 26.7. The molecule has 5 atom stereocenters. The third-order valence-corrected chi connectivity index (χ3v) is 5.08. The van der Waals surface area contributed by atoms with E-state index < -0.39 is 47.8 Å². The number of aliphatic hydroxyl groups excluding tert-OH is 1. The smallest absolute Gasteiger partial charge is 0.408 e. The second kappa shape index (κ2) is 11.3. The van der Waals surface area contributed by atoms with E-state index in [4.69, 9.17) is 9.47 Å². The number of alkyl carbamates (subject to hydrolysis) is 1. The van der Waals surface area contributed by atoms with Crippen molar-refractivity contribution in [2.45, 2.75) is 90.6 Å². The normalized spacial score (nSPS) is 22.9. The van der Waals surface area contributed by atoms with Gasteiger partial charge in [0.05, 0.1) is 19.3 Å². The van der Waals surface area contributed by atoms with Gasteiger partial charge in [-0.2, -0.15) is 0 Å². The van der Waals surface area contributed by atoms with Gasteiger partial charge in [-0.1, -0.05) is 13.8 Å². The first-order chi connectivity index (χ1) is 14.2. The van der Waals surface area contributed by atoms with Crippen molar-refractivity contribution in [2.75, 3.05) is 7.11 Å². The third kappa shape index (κ3) is 8.72. The summed E-state index contributed by atoms with van der Waals surface area (Å²) >= 11 is 0. The van der Waals surface area contributed by atoms with Gasteiger partial charge in [0, 0.05) is 6.42 Å². The molecule has 4 N–H and O–H groups in total. The fourth-order valence-corrected chi connectivity index (χ4v) is 3.40. The number of amides is 3. The Morgan fingerprint density at radius 2 is 1.68 bits per heavy atom. The minimum absolute atomic E-state index is 0.0272. The molecule has 0 saturated heterocycles. The Morgan fingerprint density at radius 1 is 1.06 bits per heavy atom. The Hall–Kier alpha value is -2.36. The van der Waals surface area contributed by atoms with Crippen LogP contribution in [0.15, 0.2) is 0 Å². The van der Waals surface area contributed by atoms with Gasteiger partial charge in [0.15, 0.2) is 0 Å². The lowest BCUT2D eigenvalue weighted by Gasteiger charge is -2.25. The van der Waals surface area contributed by atoms with Crippen molar-refractivity contribution in [3.05, 3.63) is 0 Å². The number of hydrogen-bond acceptors (Lipinski definition) is 7. The van der Waals surface area contributed by atoms with Gasteiger partial charge in [0.2, 0.25) is 11.8 Å². The molecular formula is C21H37N3O7. The highest BCUT2D eigenvalue weighted by Gasteiger charge is 2.38. The molecule has 1 saturated carbocycles. The zero-order chi connectivity index (χ0) is 23.9. The van der Waals surface area contributed by atoms with Crippen LogP contribution in [0, 0.1) is 11.8 Å². The van der Waals surface area contributed by atoms with Gasteiger partial charge in [-0.15, -0.1) is 0 Å². The minimum atomic E-state index is -0.918. The van der Waals surface area contributed by atoms with Gasteiger partial charge in [0.25, 0.3) is 0 Å². The predicted molar refractivity (Wildman–Crippen MR) is 113 cm³/mol. The largest absolute Gasteiger partial charge is 0.467 e. The van der Waals surface area contributed by atoms with E-state index in [0.717, 1.165) is 0 Å². The van der Waals surface area contributed by atoms with E-state index in [0.29, 0.717) is 12.8 Å². The molecule has 0 aromatic heterocycles. The number of aliphatic hydroxyl groups is 1. The van der Waals surface area contributed by atoms with Gasteiger partial charge in [-0.25, -0.2) is 9.59 Å². The molecule has 10 heteroatoms. The summed E-state index contributed by atoms with van der Waals surface area (Å²) in [6, 6.07) is -2.14. The quantitative estimate of drug-likeness (QED) is 0.407. The molecule has 0 spiro atoms. The molecule has 0 unspecified atom stereocenters. The van der Waals surface area contributed by atoms with Crippen LogP contribution in [0.5, 0.6) is 0 Å². The van der Waals surface area contributed by atoms with E-state index in [1.165, 1.54) is 14.0 Å². The summed E-state index contributed by atoms with van der Waals surface area (Å²) in [5.41, 5.74) is -0.682. The van der Waals surface area contributed by atoms with Gasteiger partial charge < -0.3 is 30.5 Å². The molecule has 0 aromatic carbocycles. The number of hydrogen-bond donors (Lipinski definition) is 4. The van der Waals surface area contributed by atoms with E-state index in [2.05, 4.69) is 16.0 Å². The maximum absolute atomic E-state index is 12.4. The number of carbonyl (C=O) groups is 4. The summed E-state index contributed by atoms with van der Waals surface area (Å²) in [4.78, 5) is 48.4. The standard InChI is InChI=1S/C21H37N3O7/c1-11(2)16(19(28)30-7)24-15(25)10-13-8-9-14(17(13)26)23-18(27)12(3)22-20(29)31-21(4,5)6/h11-14,16-17,26H,8-10H2,1-7H3,(H,22,29)(H,23,27)(H,24,25)/t12-,13-,14-,16-,17-/m0/s1. The maximum Gasteiger partial charge on any atom is 0.408 e. The molecule has 1 fully saturated rings. The van der Waals surface area contributed by atoms with Crippen LogP contribution in [0.3, 0.4) is 0 Å². The average molecular weight is 444 g/mol. The van der Waals surface area contributed by atoms with Crippen molar-refractivity contribution in [3.63, 3.8) is 0 Å². The Balaban J connectivity index is 2.55. The minimum Gasteiger partial charge on any atom is -0.467 e. The Bertz CT molecular complexity index is 660. The zero-order valence-electron chi connectivity index (χ0n) is 19.5. The van der Waals surface area contributed by atoms with Crippen molar-refractivity contribution >= 4 is 23.9 Å². The molecule has 10 nitrogen and oxygen atoms in total. The van der Waals surface area contributed by atoms with Crippen LogP contribution in [0.1, 0.15) is 60.8 Å². The first-order valence-electron chi connectivity index (χ1n) is 10.6. The summed E-state index contributed by atoms with van der Waals surface area (Å²) in [6.07, 6.45) is -0.562. The van der Waals surface area contributed by atoms with Crippen LogP contribution >= 0.6 is 0 Å². The molecule has 1 aliphatic rings. The van der Waals surface area contributed by atoms with Gasteiger partial charge >= 0.3 is 12.1 Å². The molecule has 0 aliphatic heterocycles. The average Bonchev–Trinajstić information content (AvgIpc) is 2.96.